The molecule has 0 atom stereocenters. The molecule has 0 amide bonds. The number of aromatic nitrogens is 1. The van der Waals surface area contributed by atoms with Crippen molar-refractivity contribution in [2.24, 2.45) is 5.10 Å². The molecule has 3 aromatic rings. The average molecular weight is 368 g/mol. The summed E-state index contributed by atoms with van der Waals surface area (Å²) in [6, 6.07) is 14.3. The first kappa shape index (κ1) is 15.7. The molecular formula is C19H18BrN3. The number of benzene rings is 2. The molecule has 0 radical (unpaired) electrons. The van der Waals surface area contributed by atoms with E-state index in [9.17, 15) is 0 Å². The minimum Gasteiger partial charge on any atom is -0.261 e. The zero-order valence-corrected chi connectivity index (χ0v) is 15.0. The van der Waals surface area contributed by atoms with Gasteiger partial charge in [-0.05, 0) is 61.7 Å². The lowest BCUT2D eigenvalue weighted by Crippen LogP contribution is -1.97. The monoisotopic (exact) mass is 367 g/mol. The largest absolute Gasteiger partial charge is 0.261 e. The molecule has 3 nitrogen and oxygen atoms in total. The summed E-state index contributed by atoms with van der Waals surface area (Å²) in [5.41, 5.74) is 8.73. The fourth-order valence-corrected chi connectivity index (χ4v) is 2.89. The standard InChI is InChI=1S/C19H18BrN3/c1-12-8-14(3)19-17(9-12)13(2)10-18(22-19)23-21-11-15-4-6-16(20)7-5-15/h4-11H,1-3H3,(H,22,23). The van der Waals surface area contributed by atoms with Gasteiger partial charge in [0.15, 0.2) is 0 Å². The summed E-state index contributed by atoms with van der Waals surface area (Å²) >= 11 is 3.42. The molecule has 0 saturated carbocycles. The van der Waals surface area contributed by atoms with Crippen LogP contribution >= 0.6 is 15.9 Å². The van der Waals surface area contributed by atoms with Crippen LogP contribution in [-0.4, -0.2) is 11.2 Å². The van der Waals surface area contributed by atoms with Gasteiger partial charge < -0.3 is 0 Å². The van der Waals surface area contributed by atoms with Crippen molar-refractivity contribution in [3.63, 3.8) is 0 Å². The van der Waals surface area contributed by atoms with Gasteiger partial charge in [0.05, 0.1) is 11.7 Å². The molecule has 4 heteroatoms. The van der Waals surface area contributed by atoms with E-state index in [0.29, 0.717) is 0 Å². The lowest BCUT2D eigenvalue weighted by Gasteiger charge is -2.09. The second kappa shape index (κ2) is 6.50. The summed E-state index contributed by atoms with van der Waals surface area (Å²) in [4.78, 5) is 4.69. The number of aryl methyl sites for hydroxylation is 3. The van der Waals surface area contributed by atoms with E-state index >= 15 is 0 Å². The average Bonchev–Trinajstić information content (AvgIpc) is 2.50. The van der Waals surface area contributed by atoms with Gasteiger partial charge in [-0.25, -0.2) is 4.98 Å². The van der Waals surface area contributed by atoms with E-state index in [1.54, 1.807) is 6.21 Å². The van der Waals surface area contributed by atoms with Crippen LogP contribution in [0.15, 0.2) is 52.0 Å². The second-order valence-electron chi connectivity index (χ2n) is 5.72. The Morgan fingerprint density at radius 2 is 1.74 bits per heavy atom. The number of hydrogen-bond donors (Lipinski definition) is 1. The molecule has 23 heavy (non-hydrogen) atoms. The van der Waals surface area contributed by atoms with Gasteiger partial charge in [0, 0.05) is 9.86 Å². The van der Waals surface area contributed by atoms with Crippen LogP contribution in [0.2, 0.25) is 0 Å². The highest BCUT2D eigenvalue weighted by atomic mass is 79.9. The van der Waals surface area contributed by atoms with Crippen molar-refractivity contribution in [2.75, 3.05) is 5.43 Å². The zero-order chi connectivity index (χ0) is 16.4. The summed E-state index contributed by atoms with van der Waals surface area (Å²) in [7, 11) is 0. The number of anilines is 1. The highest BCUT2D eigenvalue weighted by molar-refractivity contribution is 9.10. The van der Waals surface area contributed by atoms with Crippen molar-refractivity contribution >= 4 is 38.9 Å². The molecule has 0 spiro atoms. The van der Waals surface area contributed by atoms with Gasteiger partial charge in [0.25, 0.3) is 0 Å². The highest BCUT2D eigenvalue weighted by Crippen LogP contribution is 2.24. The minimum atomic E-state index is 0.760. The quantitative estimate of drug-likeness (QED) is 0.499. The van der Waals surface area contributed by atoms with Crippen molar-refractivity contribution in [2.45, 2.75) is 20.8 Å². The SMILES string of the molecule is Cc1cc(C)c2nc(NN=Cc3ccc(Br)cc3)cc(C)c2c1. The van der Waals surface area contributed by atoms with Crippen LogP contribution in [-0.2, 0) is 0 Å². The Labute approximate surface area is 144 Å². The van der Waals surface area contributed by atoms with Gasteiger partial charge in [0.1, 0.15) is 5.82 Å². The summed E-state index contributed by atoms with van der Waals surface area (Å²) in [6.07, 6.45) is 1.79. The Kier molecular flexibility index (Phi) is 4.44. The van der Waals surface area contributed by atoms with Crippen molar-refractivity contribution in [3.05, 3.63) is 69.2 Å². The van der Waals surface area contributed by atoms with E-state index in [-0.39, 0.29) is 0 Å². The van der Waals surface area contributed by atoms with Crippen molar-refractivity contribution in [3.8, 4) is 0 Å². The summed E-state index contributed by atoms with van der Waals surface area (Å²) < 4.78 is 1.06. The number of halogens is 1. The van der Waals surface area contributed by atoms with Crippen LogP contribution in [0, 0.1) is 20.8 Å². The zero-order valence-electron chi connectivity index (χ0n) is 13.4. The Bertz CT molecular complexity index is 883. The van der Waals surface area contributed by atoms with Crippen LogP contribution in [0.1, 0.15) is 22.3 Å². The molecule has 1 heterocycles. The molecule has 0 aliphatic heterocycles. The highest BCUT2D eigenvalue weighted by Gasteiger charge is 2.05. The van der Waals surface area contributed by atoms with Gasteiger partial charge in [-0.3, -0.25) is 5.43 Å². The first-order chi connectivity index (χ1) is 11.0. The van der Waals surface area contributed by atoms with Gasteiger partial charge in [-0.1, -0.05) is 39.7 Å². The topological polar surface area (TPSA) is 37.3 Å². The molecule has 0 bridgehead atoms. The van der Waals surface area contributed by atoms with E-state index in [1.165, 1.54) is 22.1 Å². The van der Waals surface area contributed by atoms with Crippen LogP contribution in [0.3, 0.4) is 0 Å². The normalized spacial score (nSPS) is 11.3. The van der Waals surface area contributed by atoms with Crippen LogP contribution in [0.25, 0.3) is 10.9 Å². The van der Waals surface area contributed by atoms with Crippen molar-refractivity contribution < 1.29 is 0 Å². The molecule has 0 aliphatic rings. The van der Waals surface area contributed by atoms with Gasteiger partial charge in [-0.2, -0.15) is 5.10 Å². The van der Waals surface area contributed by atoms with Crippen molar-refractivity contribution in [1.29, 1.82) is 0 Å². The molecule has 0 unspecified atom stereocenters. The lowest BCUT2D eigenvalue weighted by atomic mass is 10.0. The number of hydrogen-bond acceptors (Lipinski definition) is 3. The smallest absolute Gasteiger partial charge is 0.147 e. The Balaban J connectivity index is 1.87. The predicted molar refractivity (Wildman–Crippen MR) is 101 cm³/mol. The first-order valence-electron chi connectivity index (χ1n) is 7.46. The maximum Gasteiger partial charge on any atom is 0.147 e. The molecule has 2 aromatic carbocycles. The summed E-state index contributed by atoms with van der Waals surface area (Å²) in [5.74, 6) is 0.760. The first-order valence-corrected chi connectivity index (χ1v) is 8.25. The molecule has 0 fully saturated rings. The number of hydrazone groups is 1. The maximum absolute atomic E-state index is 4.69. The van der Waals surface area contributed by atoms with E-state index < -0.39 is 0 Å². The molecule has 1 N–H and O–H groups in total. The fourth-order valence-electron chi connectivity index (χ4n) is 2.62. The molecule has 3 rings (SSSR count). The number of nitrogens with zero attached hydrogens (tertiary/aromatic N) is 2. The fraction of sp³-hybridized carbons (Fsp3) is 0.158. The van der Waals surface area contributed by atoms with Gasteiger partial charge in [-0.15, -0.1) is 0 Å². The number of nitrogens with one attached hydrogen (secondary N) is 1. The number of pyridine rings is 1. The van der Waals surface area contributed by atoms with E-state index in [4.69, 9.17) is 0 Å². The van der Waals surface area contributed by atoms with E-state index in [0.717, 1.165) is 21.4 Å². The maximum atomic E-state index is 4.69. The Morgan fingerprint density at radius 1 is 1.00 bits per heavy atom. The summed E-state index contributed by atoms with van der Waals surface area (Å²) in [5, 5.41) is 5.48. The third kappa shape index (κ3) is 3.59. The van der Waals surface area contributed by atoms with Gasteiger partial charge in [0.2, 0.25) is 0 Å². The second-order valence-corrected chi connectivity index (χ2v) is 6.64. The van der Waals surface area contributed by atoms with Crippen LogP contribution in [0.4, 0.5) is 5.82 Å². The molecule has 116 valence electrons. The number of rotatable bonds is 3. The lowest BCUT2D eigenvalue weighted by molar-refractivity contribution is 1.24. The predicted octanol–water partition coefficient (Wildman–Crippen LogP) is 5.37. The van der Waals surface area contributed by atoms with Crippen LogP contribution in [0.5, 0.6) is 0 Å². The van der Waals surface area contributed by atoms with Crippen LogP contribution < -0.4 is 5.43 Å². The molecule has 1 aromatic heterocycles. The minimum absolute atomic E-state index is 0.760. The molecular weight excluding hydrogens is 350 g/mol. The van der Waals surface area contributed by atoms with E-state index in [2.05, 4.69) is 64.3 Å². The van der Waals surface area contributed by atoms with Gasteiger partial charge >= 0.3 is 0 Å². The number of fused-ring (bicyclic) bond motifs is 1. The van der Waals surface area contributed by atoms with Crippen molar-refractivity contribution in [1.82, 2.24) is 4.98 Å². The Hall–Kier alpha value is -2.20. The molecule has 0 saturated heterocycles. The van der Waals surface area contributed by atoms with E-state index in [1.807, 2.05) is 30.3 Å². The molecule has 0 aliphatic carbocycles. The third-order valence-electron chi connectivity index (χ3n) is 3.72. The summed E-state index contributed by atoms with van der Waals surface area (Å²) in [6.45, 7) is 6.31. The third-order valence-corrected chi connectivity index (χ3v) is 4.25. The Morgan fingerprint density at radius 3 is 2.48 bits per heavy atom.